The summed E-state index contributed by atoms with van der Waals surface area (Å²) < 4.78 is 7.43. The molecule has 0 radical (unpaired) electrons. The molecule has 0 amide bonds. The summed E-state index contributed by atoms with van der Waals surface area (Å²) in [6, 6.07) is 0. The third kappa shape index (κ3) is 3.13. The summed E-state index contributed by atoms with van der Waals surface area (Å²) in [6.45, 7) is 5.59. The Morgan fingerprint density at radius 1 is 1.29 bits per heavy atom. The summed E-state index contributed by atoms with van der Waals surface area (Å²) in [6.07, 6.45) is 2.45. The summed E-state index contributed by atoms with van der Waals surface area (Å²) in [5, 5.41) is 9.55. The van der Waals surface area contributed by atoms with Crippen molar-refractivity contribution in [2.45, 2.75) is 24.9 Å². The Kier molecular flexibility index (Phi) is 4.67. The van der Waals surface area contributed by atoms with Crippen LogP contribution < -0.4 is 4.90 Å². The molecule has 5 nitrogen and oxygen atoms in total. The molecule has 1 aromatic heterocycles. The van der Waals surface area contributed by atoms with Crippen molar-refractivity contribution in [2.75, 3.05) is 37.0 Å². The van der Waals surface area contributed by atoms with Crippen LogP contribution in [-0.4, -0.2) is 46.8 Å². The van der Waals surface area contributed by atoms with E-state index in [2.05, 4.69) is 26.6 Å². The highest BCUT2D eigenvalue weighted by molar-refractivity contribution is 7.99. The second-order valence-electron chi connectivity index (χ2n) is 4.14. The maximum atomic E-state index is 5.34. The van der Waals surface area contributed by atoms with Gasteiger partial charge in [-0.2, -0.15) is 0 Å². The first-order chi connectivity index (χ1) is 8.33. The molecule has 0 bridgehead atoms. The lowest BCUT2D eigenvalue weighted by atomic mass is 10.4. The minimum atomic E-state index is 0.783. The highest BCUT2D eigenvalue weighted by Crippen LogP contribution is 2.21. The van der Waals surface area contributed by atoms with Crippen molar-refractivity contribution in [1.82, 2.24) is 14.8 Å². The van der Waals surface area contributed by atoms with Crippen molar-refractivity contribution in [3.05, 3.63) is 0 Å². The number of hydrogen-bond donors (Lipinski definition) is 0. The number of thioether (sulfide) groups is 1. The van der Waals surface area contributed by atoms with E-state index in [4.69, 9.17) is 4.74 Å². The second kappa shape index (κ2) is 6.26. The van der Waals surface area contributed by atoms with Crippen LogP contribution in [0.4, 0.5) is 5.95 Å². The monoisotopic (exact) mass is 256 g/mol. The average molecular weight is 256 g/mol. The first kappa shape index (κ1) is 12.7. The van der Waals surface area contributed by atoms with Crippen LogP contribution in [-0.2, 0) is 11.8 Å². The maximum absolute atomic E-state index is 5.34. The SMILES string of the molecule is CCCCSc1nnc(N2CCOCC2)n1C. The Balaban J connectivity index is 1.98. The van der Waals surface area contributed by atoms with E-state index in [1.165, 1.54) is 12.8 Å². The van der Waals surface area contributed by atoms with Gasteiger partial charge in [0, 0.05) is 25.9 Å². The van der Waals surface area contributed by atoms with Gasteiger partial charge in [0.25, 0.3) is 0 Å². The minimum absolute atomic E-state index is 0.783. The van der Waals surface area contributed by atoms with E-state index in [0.29, 0.717) is 0 Å². The lowest BCUT2D eigenvalue weighted by Crippen LogP contribution is -2.37. The molecule has 96 valence electrons. The van der Waals surface area contributed by atoms with Gasteiger partial charge in [0.2, 0.25) is 5.95 Å². The molecule has 1 saturated heterocycles. The summed E-state index contributed by atoms with van der Waals surface area (Å²) >= 11 is 1.79. The Morgan fingerprint density at radius 2 is 2.06 bits per heavy atom. The van der Waals surface area contributed by atoms with Gasteiger partial charge in [-0.3, -0.25) is 4.57 Å². The van der Waals surface area contributed by atoms with E-state index >= 15 is 0 Å². The molecule has 0 atom stereocenters. The number of aromatic nitrogens is 3. The van der Waals surface area contributed by atoms with Gasteiger partial charge in [0.05, 0.1) is 13.2 Å². The number of nitrogens with zero attached hydrogens (tertiary/aromatic N) is 4. The van der Waals surface area contributed by atoms with E-state index in [1.54, 1.807) is 11.8 Å². The second-order valence-corrected chi connectivity index (χ2v) is 5.21. The summed E-state index contributed by atoms with van der Waals surface area (Å²) in [7, 11) is 2.04. The fraction of sp³-hybridized carbons (Fsp3) is 0.818. The average Bonchev–Trinajstić information content (AvgIpc) is 2.73. The van der Waals surface area contributed by atoms with Crippen LogP contribution in [0.15, 0.2) is 5.16 Å². The van der Waals surface area contributed by atoms with E-state index < -0.39 is 0 Å². The van der Waals surface area contributed by atoms with Gasteiger partial charge in [0.1, 0.15) is 0 Å². The maximum Gasteiger partial charge on any atom is 0.227 e. The normalized spacial score (nSPS) is 16.5. The van der Waals surface area contributed by atoms with Crippen molar-refractivity contribution in [2.24, 2.45) is 7.05 Å². The zero-order valence-electron chi connectivity index (χ0n) is 10.6. The molecule has 0 N–H and O–H groups in total. The van der Waals surface area contributed by atoms with Gasteiger partial charge < -0.3 is 9.64 Å². The van der Waals surface area contributed by atoms with Crippen LogP contribution in [0.1, 0.15) is 19.8 Å². The smallest absolute Gasteiger partial charge is 0.227 e. The Morgan fingerprint density at radius 3 is 2.76 bits per heavy atom. The molecule has 0 spiro atoms. The van der Waals surface area contributed by atoms with Gasteiger partial charge in [0.15, 0.2) is 5.16 Å². The Hall–Kier alpha value is -0.750. The lowest BCUT2D eigenvalue weighted by Gasteiger charge is -2.27. The highest BCUT2D eigenvalue weighted by Gasteiger charge is 2.18. The van der Waals surface area contributed by atoms with Gasteiger partial charge >= 0.3 is 0 Å². The molecular formula is C11H20N4OS. The number of rotatable bonds is 5. The predicted octanol–water partition coefficient (Wildman–Crippen LogP) is 1.54. The van der Waals surface area contributed by atoms with Crippen molar-refractivity contribution in [3.63, 3.8) is 0 Å². The number of morpholine rings is 1. The van der Waals surface area contributed by atoms with Crippen molar-refractivity contribution >= 4 is 17.7 Å². The molecule has 0 saturated carbocycles. The molecule has 1 aliphatic heterocycles. The molecule has 0 unspecified atom stereocenters. The summed E-state index contributed by atoms with van der Waals surface area (Å²) in [5.41, 5.74) is 0. The van der Waals surface area contributed by atoms with Crippen molar-refractivity contribution < 1.29 is 4.74 Å². The number of ether oxygens (including phenoxy) is 1. The first-order valence-corrected chi connectivity index (χ1v) is 7.16. The van der Waals surface area contributed by atoms with Crippen LogP contribution in [0.3, 0.4) is 0 Å². The third-order valence-electron chi connectivity index (χ3n) is 2.83. The summed E-state index contributed by atoms with van der Waals surface area (Å²) in [4.78, 5) is 2.24. The largest absolute Gasteiger partial charge is 0.378 e. The minimum Gasteiger partial charge on any atom is -0.378 e. The van der Waals surface area contributed by atoms with E-state index in [-0.39, 0.29) is 0 Å². The van der Waals surface area contributed by atoms with Crippen LogP contribution in [0.5, 0.6) is 0 Å². The molecule has 0 aromatic carbocycles. The van der Waals surface area contributed by atoms with Gasteiger partial charge in [-0.15, -0.1) is 10.2 Å². The molecule has 2 heterocycles. The molecule has 1 aromatic rings. The van der Waals surface area contributed by atoms with Gasteiger partial charge in [-0.05, 0) is 6.42 Å². The zero-order valence-corrected chi connectivity index (χ0v) is 11.4. The predicted molar refractivity (Wildman–Crippen MR) is 69.7 cm³/mol. The van der Waals surface area contributed by atoms with Crippen molar-refractivity contribution in [1.29, 1.82) is 0 Å². The molecule has 6 heteroatoms. The van der Waals surface area contributed by atoms with Crippen LogP contribution in [0.2, 0.25) is 0 Å². The van der Waals surface area contributed by atoms with Gasteiger partial charge in [-0.1, -0.05) is 25.1 Å². The van der Waals surface area contributed by atoms with Crippen LogP contribution >= 0.6 is 11.8 Å². The third-order valence-corrected chi connectivity index (χ3v) is 3.94. The van der Waals surface area contributed by atoms with Crippen LogP contribution in [0.25, 0.3) is 0 Å². The molecule has 1 aliphatic rings. The highest BCUT2D eigenvalue weighted by atomic mass is 32.2. The number of hydrogen-bond acceptors (Lipinski definition) is 5. The number of unbranched alkanes of at least 4 members (excludes halogenated alkanes) is 1. The molecule has 0 aliphatic carbocycles. The lowest BCUT2D eigenvalue weighted by molar-refractivity contribution is 0.121. The molecule has 1 fully saturated rings. The zero-order chi connectivity index (χ0) is 12.1. The summed E-state index contributed by atoms with van der Waals surface area (Å²) in [5.74, 6) is 2.08. The Bertz CT molecular complexity index is 349. The van der Waals surface area contributed by atoms with Crippen LogP contribution in [0, 0.1) is 0 Å². The van der Waals surface area contributed by atoms with E-state index in [9.17, 15) is 0 Å². The molecule has 17 heavy (non-hydrogen) atoms. The molecular weight excluding hydrogens is 236 g/mol. The van der Waals surface area contributed by atoms with Gasteiger partial charge in [-0.25, -0.2) is 0 Å². The molecule has 2 rings (SSSR count). The standard InChI is InChI=1S/C11H20N4OS/c1-3-4-9-17-11-13-12-10(14(11)2)15-5-7-16-8-6-15/h3-9H2,1-2H3. The first-order valence-electron chi connectivity index (χ1n) is 6.17. The Labute approximate surface area is 107 Å². The number of anilines is 1. The van der Waals surface area contributed by atoms with E-state index in [0.717, 1.165) is 43.2 Å². The fourth-order valence-electron chi connectivity index (χ4n) is 1.78. The quantitative estimate of drug-likeness (QED) is 0.590. The van der Waals surface area contributed by atoms with Crippen molar-refractivity contribution in [3.8, 4) is 0 Å². The van der Waals surface area contributed by atoms with E-state index in [1.807, 2.05) is 7.05 Å². The fourth-order valence-corrected chi connectivity index (χ4v) is 2.77. The topological polar surface area (TPSA) is 43.2 Å².